The second-order valence-corrected chi connectivity index (χ2v) is 8.68. The summed E-state index contributed by atoms with van der Waals surface area (Å²) in [7, 11) is 0. The number of thioether (sulfide) groups is 1. The molecule has 1 saturated heterocycles. The summed E-state index contributed by atoms with van der Waals surface area (Å²) in [4.78, 5) is 32.6. The van der Waals surface area contributed by atoms with E-state index in [0.29, 0.717) is 24.7 Å². The molecular formula is C24H25N3O2S. The van der Waals surface area contributed by atoms with Crippen LogP contribution in [0.4, 0.5) is 5.82 Å². The third-order valence-electron chi connectivity index (χ3n) is 5.48. The molecule has 30 heavy (non-hydrogen) atoms. The first-order valence-electron chi connectivity index (χ1n) is 10.2. The van der Waals surface area contributed by atoms with Crippen LogP contribution in [0.3, 0.4) is 0 Å². The van der Waals surface area contributed by atoms with Gasteiger partial charge in [0.2, 0.25) is 11.8 Å². The minimum Gasteiger partial charge on any atom is -0.341 e. The first-order chi connectivity index (χ1) is 14.6. The second-order valence-electron chi connectivity index (χ2n) is 7.63. The fourth-order valence-corrected chi connectivity index (χ4v) is 4.59. The van der Waals surface area contributed by atoms with Gasteiger partial charge >= 0.3 is 0 Å². The number of hydrogen-bond acceptors (Lipinski definition) is 4. The summed E-state index contributed by atoms with van der Waals surface area (Å²) in [6.07, 6.45) is 3.30. The highest BCUT2D eigenvalue weighted by Crippen LogP contribution is 2.25. The van der Waals surface area contributed by atoms with Gasteiger partial charge in [-0.1, -0.05) is 36.4 Å². The molecular weight excluding hydrogens is 394 g/mol. The molecule has 1 atom stereocenters. The van der Waals surface area contributed by atoms with Gasteiger partial charge in [0.05, 0.1) is 11.7 Å². The van der Waals surface area contributed by atoms with Crippen molar-refractivity contribution in [3.63, 3.8) is 0 Å². The monoisotopic (exact) mass is 419 g/mol. The second kappa shape index (κ2) is 9.30. The van der Waals surface area contributed by atoms with Gasteiger partial charge in [-0.25, -0.2) is 4.98 Å². The van der Waals surface area contributed by atoms with Crippen molar-refractivity contribution in [3.8, 4) is 0 Å². The molecule has 2 aromatic carbocycles. The van der Waals surface area contributed by atoms with Crippen molar-refractivity contribution in [3.05, 3.63) is 66.4 Å². The van der Waals surface area contributed by atoms with E-state index in [-0.39, 0.29) is 17.7 Å². The Hall–Kier alpha value is -2.86. The maximum absolute atomic E-state index is 12.8. The number of benzene rings is 2. The van der Waals surface area contributed by atoms with Crippen LogP contribution in [-0.4, -0.2) is 40.5 Å². The molecule has 0 radical (unpaired) electrons. The van der Waals surface area contributed by atoms with E-state index in [9.17, 15) is 9.59 Å². The zero-order chi connectivity index (χ0) is 20.9. The van der Waals surface area contributed by atoms with E-state index in [1.54, 1.807) is 18.0 Å². The smallest absolute Gasteiger partial charge is 0.232 e. The van der Waals surface area contributed by atoms with Crippen LogP contribution >= 0.6 is 11.8 Å². The number of pyridine rings is 1. The number of carbonyl (C=O) groups is 2. The molecule has 0 saturated carbocycles. The van der Waals surface area contributed by atoms with Crippen molar-refractivity contribution in [2.45, 2.75) is 24.7 Å². The zero-order valence-corrected chi connectivity index (χ0v) is 17.8. The zero-order valence-electron chi connectivity index (χ0n) is 17.0. The average Bonchev–Trinajstić information content (AvgIpc) is 2.79. The van der Waals surface area contributed by atoms with Crippen LogP contribution in [0.1, 0.15) is 18.4 Å². The lowest BCUT2D eigenvalue weighted by molar-refractivity contribution is -0.132. The number of amides is 2. The minimum absolute atomic E-state index is 0.0588. The standard InChI is InChI=1S/C24H25N3O2S/c1-17-6-4-12-25-23(17)26-24(29)20-9-5-13-27(15-20)22(28)16-30-21-11-10-18-7-2-3-8-19(18)14-21/h2-4,6-8,10-12,14,20H,5,9,13,15-16H2,1H3,(H,25,26,29). The van der Waals surface area contributed by atoms with E-state index < -0.39 is 0 Å². The Kier molecular flexibility index (Phi) is 6.33. The minimum atomic E-state index is -0.199. The van der Waals surface area contributed by atoms with Crippen molar-refractivity contribution < 1.29 is 9.59 Å². The number of likely N-dealkylation sites (tertiary alicyclic amines) is 1. The number of fused-ring (bicyclic) bond motifs is 1. The van der Waals surface area contributed by atoms with Crippen LogP contribution in [0.15, 0.2) is 65.7 Å². The van der Waals surface area contributed by atoms with Crippen LogP contribution in [0.5, 0.6) is 0 Å². The van der Waals surface area contributed by atoms with Gasteiger partial charge in [0, 0.05) is 24.2 Å². The van der Waals surface area contributed by atoms with Crippen LogP contribution in [-0.2, 0) is 9.59 Å². The summed E-state index contributed by atoms with van der Waals surface area (Å²) in [6, 6.07) is 18.2. The number of hydrogen-bond donors (Lipinski definition) is 1. The molecule has 0 spiro atoms. The number of carbonyl (C=O) groups excluding carboxylic acids is 2. The summed E-state index contributed by atoms with van der Waals surface area (Å²) in [5.74, 6) is 0.801. The number of anilines is 1. The Balaban J connectivity index is 1.33. The fourth-order valence-electron chi connectivity index (χ4n) is 3.75. The molecule has 0 aliphatic carbocycles. The van der Waals surface area contributed by atoms with Crippen molar-refractivity contribution in [2.24, 2.45) is 5.92 Å². The number of nitrogens with zero attached hydrogens (tertiary/aromatic N) is 2. The van der Waals surface area contributed by atoms with Gasteiger partial charge in [0.1, 0.15) is 5.82 Å². The number of nitrogens with one attached hydrogen (secondary N) is 1. The molecule has 0 bridgehead atoms. The van der Waals surface area contributed by atoms with E-state index in [4.69, 9.17) is 0 Å². The molecule has 5 nitrogen and oxygen atoms in total. The summed E-state index contributed by atoms with van der Waals surface area (Å²) in [5, 5.41) is 5.29. The largest absolute Gasteiger partial charge is 0.341 e. The molecule has 1 aliphatic heterocycles. The molecule has 4 rings (SSSR count). The molecule has 1 unspecified atom stereocenters. The Bertz CT molecular complexity index is 1070. The van der Waals surface area contributed by atoms with E-state index in [2.05, 4.69) is 40.6 Å². The quantitative estimate of drug-likeness (QED) is 0.618. The molecule has 1 fully saturated rings. The Morgan fingerprint density at radius 2 is 1.97 bits per heavy atom. The van der Waals surface area contributed by atoms with E-state index in [1.807, 2.05) is 36.1 Å². The van der Waals surface area contributed by atoms with Gasteiger partial charge < -0.3 is 10.2 Å². The summed E-state index contributed by atoms with van der Waals surface area (Å²) in [5.41, 5.74) is 0.932. The van der Waals surface area contributed by atoms with Gasteiger partial charge in [0.25, 0.3) is 0 Å². The SMILES string of the molecule is Cc1cccnc1NC(=O)C1CCCN(C(=O)CSc2ccc3ccccc3c2)C1. The summed E-state index contributed by atoms with van der Waals surface area (Å²) < 4.78 is 0. The van der Waals surface area contributed by atoms with Crippen LogP contribution in [0.25, 0.3) is 10.8 Å². The van der Waals surface area contributed by atoms with Gasteiger partial charge in [-0.2, -0.15) is 0 Å². The average molecular weight is 420 g/mol. The van der Waals surface area contributed by atoms with Crippen LogP contribution in [0.2, 0.25) is 0 Å². The normalized spacial score (nSPS) is 16.4. The molecule has 1 aromatic heterocycles. The lowest BCUT2D eigenvalue weighted by Crippen LogP contribution is -2.44. The van der Waals surface area contributed by atoms with Gasteiger partial charge in [-0.15, -0.1) is 11.8 Å². The van der Waals surface area contributed by atoms with Gasteiger partial charge in [-0.05, 0) is 54.3 Å². The van der Waals surface area contributed by atoms with Crippen molar-refractivity contribution in [2.75, 3.05) is 24.2 Å². The number of aryl methyl sites for hydroxylation is 1. The lowest BCUT2D eigenvalue weighted by atomic mass is 9.97. The van der Waals surface area contributed by atoms with Crippen molar-refractivity contribution >= 4 is 40.2 Å². The van der Waals surface area contributed by atoms with Gasteiger partial charge in [-0.3, -0.25) is 9.59 Å². The predicted octanol–water partition coefficient (Wildman–Crippen LogP) is 4.51. The van der Waals surface area contributed by atoms with E-state index in [0.717, 1.165) is 23.3 Å². The highest BCUT2D eigenvalue weighted by Gasteiger charge is 2.28. The van der Waals surface area contributed by atoms with Crippen LogP contribution < -0.4 is 5.32 Å². The third-order valence-corrected chi connectivity index (χ3v) is 6.46. The highest BCUT2D eigenvalue weighted by atomic mass is 32.2. The van der Waals surface area contributed by atoms with Crippen molar-refractivity contribution in [1.29, 1.82) is 0 Å². The summed E-state index contributed by atoms with van der Waals surface area (Å²) >= 11 is 1.55. The van der Waals surface area contributed by atoms with Gasteiger partial charge in [0.15, 0.2) is 0 Å². The molecule has 2 amide bonds. The van der Waals surface area contributed by atoms with Crippen LogP contribution in [0, 0.1) is 12.8 Å². The van der Waals surface area contributed by atoms with Crippen molar-refractivity contribution in [1.82, 2.24) is 9.88 Å². The molecule has 3 aromatic rings. The van der Waals surface area contributed by atoms with E-state index >= 15 is 0 Å². The Labute approximate surface area is 180 Å². The maximum Gasteiger partial charge on any atom is 0.232 e. The fraction of sp³-hybridized carbons (Fsp3) is 0.292. The number of aromatic nitrogens is 1. The number of rotatable bonds is 5. The number of piperidine rings is 1. The molecule has 154 valence electrons. The predicted molar refractivity (Wildman–Crippen MR) is 122 cm³/mol. The molecule has 6 heteroatoms. The van der Waals surface area contributed by atoms with E-state index in [1.165, 1.54) is 10.8 Å². The third kappa shape index (κ3) is 4.82. The Morgan fingerprint density at radius 1 is 1.13 bits per heavy atom. The maximum atomic E-state index is 12.8. The molecule has 1 aliphatic rings. The topological polar surface area (TPSA) is 62.3 Å². The molecule has 2 heterocycles. The molecule has 1 N–H and O–H groups in total. The lowest BCUT2D eigenvalue weighted by Gasteiger charge is -2.32. The first kappa shape index (κ1) is 20.4. The summed E-state index contributed by atoms with van der Waals surface area (Å²) in [6.45, 7) is 3.10. The Morgan fingerprint density at radius 3 is 2.80 bits per heavy atom. The first-order valence-corrected chi connectivity index (χ1v) is 11.2. The highest BCUT2D eigenvalue weighted by molar-refractivity contribution is 8.00.